The maximum atomic E-state index is 13.0. The van der Waals surface area contributed by atoms with Crippen LogP contribution in [0.1, 0.15) is 5.69 Å². The lowest BCUT2D eigenvalue weighted by molar-refractivity contribution is -0.144. The van der Waals surface area contributed by atoms with Crippen LogP contribution < -0.4 is 11.2 Å². The molecule has 0 aliphatic rings. The Morgan fingerprint density at radius 1 is 1.04 bits per heavy atom. The Hall–Kier alpha value is -2.66. The van der Waals surface area contributed by atoms with Crippen molar-refractivity contribution in [2.75, 3.05) is 0 Å². The number of tetrazole rings is 1. The number of hydrogen-bond donors (Lipinski definition) is 0. The summed E-state index contributed by atoms with van der Waals surface area (Å²) in [5, 5.41) is 11.4. The van der Waals surface area contributed by atoms with Crippen molar-refractivity contribution in [3.8, 4) is 17.1 Å². The van der Waals surface area contributed by atoms with Crippen molar-refractivity contribution in [2.45, 2.75) is 6.18 Å². The maximum Gasteiger partial charge on any atom is 0.431 e. The van der Waals surface area contributed by atoms with E-state index in [0.717, 1.165) is 11.8 Å². The minimum absolute atomic E-state index is 0.0807. The van der Waals surface area contributed by atoms with Gasteiger partial charge in [0.1, 0.15) is 5.69 Å². The molecule has 0 atom stereocenters. The topological polar surface area (TPSA) is 87.6 Å². The molecule has 27 heavy (non-hydrogen) atoms. The molecule has 0 unspecified atom stereocenters. The molecule has 0 saturated heterocycles. The first kappa shape index (κ1) is 19.1. The highest BCUT2D eigenvalue weighted by Crippen LogP contribution is 2.32. The fraction of sp³-hybridized carbons (Fsp3) is 0.214. The number of halogens is 5. The molecular weight excluding hydrogens is 412 g/mol. The Morgan fingerprint density at radius 2 is 1.70 bits per heavy atom. The summed E-state index contributed by atoms with van der Waals surface area (Å²) in [5.74, 6) is 0.0807. The second-order valence-corrected chi connectivity index (χ2v) is 6.24. The summed E-state index contributed by atoms with van der Waals surface area (Å²) in [6.45, 7) is 0. The van der Waals surface area contributed by atoms with Crippen molar-refractivity contribution in [3.63, 3.8) is 0 Å². The van der Waals surface area contributed by atoms with E-state index in [0.29, 0.717) is 15.2 Å². The van der Waals surface area contributed by atoms with Gasteiger partial charge >= 0.3 is 11.9 Å². The van der Waals surface area contributed by atoms with E-state index in [4.69, 9.17) is 23.2 Å². The van der Waals surface area contributed by atoms with Gasteiger partial charge in [-0.2, -0.15) is 18.0 Å². The largest absolute Gasteiger partial charge is 0.431 e. The highest BCUT2D eigenvalue weighted by Gasteiger charge is 2.35. The summed E-state index contributed by atoms with van der Waals surface area (Å²) in [5.41, 5.74) is -3.78. The van der Waals surface area contributed by atoms with Crippen LogP contribution in [0, 0.1) is 0 Å². The average molecular weight is 421 g/mol. The van der Waals surface area contributed by atoms with Crippen molar-refractivity contribution in [1.29, 1.82) is 0 Å². The number of benzene rings is 1. The molecule has 1 aromatic carbocycles. The highest BCUT2D eigenvalue weighted by molar-refractivity contribution is 6.37. The molecule has 0 bridgehead atoms. The fourth-order valence-corrected chi connectivity index (χ4v) is 2.94. The molecule has 0 saturated carbocycles. The monoisotopic (exact) mass is 420 g/mol. The molecule has 8 nitrogen and oxygen atoms in total. The van der Waals surface area contributed by atoms with Crippen LogP contribution in [0.15, 0.2) is 27.8 Å². The summed E-state index contributed by atoms with van der Waals surface area (Å²) in [7, 11) is 2.41. The molecule has 2 heterocycles. The average Bonchev–Trinajstić information content (AvgIpc) is 2.98. The van der Waals surface area contributed by atoms with Gasteiger partial charge in [0.15, 0.2) is 0 Å². The molecule has 0 N–H and O–H groups in total. The van der Waals surface area contributed by atoms with Crippen molar-refractivity contribution < 1.29 is 13.2 Å². The Bertz CT molecular complexity index is 1170. The third kappa shape index (κ3) is 3.35. The van der Waals surface area contributed by atoms with Gasteiger partial charge in [-0.3, -0.25) is 9.36 Å². The normalized spacial score (nSPS) is 11.8. The van der Waals surface area contributed by atoms with E-state index in [1.807, 2.05) is 0 Å². The number of aryl methyl sites for hydroxylation is 1. The summed E-state index contributed by atoms with van der Waals surface area (Å²) >= 11 is 12.2. The van der Waals surface area contributed by atoms with E-state index in [1.54, 1.807) is 0 Å². The van der Waals surface area contributed by atoms with Crippen LogP contribution in [0.5, 0.6) is 0 Å². The molecule has 3 aromatic rings. The fourth-order valence-electron chi connectivity index (χ4n) is 2.39. The first-order valence-corrected chi connectivity index (χ1v) is 7.90. The minimum atomic E-state index is -4.87. The first-order valence-electron chi connectivity index (χ1n) is 7.14. The lowest BCUT2D eigenvalue weighted by Gasteiger charge is -2.15. The summed E-state index contributed by atoms with van der Waals surface area (Å²) < 4.78 is 39.8. The summed E-state index contributed by atoms with van der Waals surface area (Å²) in [4.78, 5) is 25.8. The standard InChI is InChI=1S/C14H9Cl2F3N6O2/c1-23-10(14(17,18)19)5-11(26)25(13(23)27)9-3-6(7(15)4-8(9)16)12-20-22-24(2)21-12/h3-5H,1-2H3. The second-order valence-electron chi connectivity index (χ2n) is 5.43. The summed E-state index contributed by atoms with van der Waals surface area (Å²) in [6.07, 6.45) is -4.87. The zero-order valence-corrected chi connectivity index (χ0v) is 15.1. The van der Waals surface area contributed by atoms with Crippen LogP contribution >= 0.6 is 23.2 Å². The lowest BCUT2D eigenvalue weighted by Crippen LogP contribution is -2.40. The maximum absolute atomic E-state index is 13.0. The van der Waals surface area contributed by atoms with Gasteiger partial charge in [-0.1, -0.05) is 23.2 Å². The molecule has 3 rings (SSSR count). The third-order valence-electron chi connectivity index (χ3n) is 3.64. The smallest absolute Gasteiger partial charge is 0.292 e. The summed E-state index contributed by atoms with van der Waals surface area (Å²) in [6, 6.07) is 2.78. The molecule has 142 valence electrons. The van der Waals surface area contributed by atoms with Crippen molar-refractivity contribution >= 4 is 23.2 Å². The van der Waals surface area contributed by atoms with Crippen LogP contribution in [0.4, 0.5) is 13.2 Å². The third-order valence-corrected chi connectivity index (χ3v) is 4.25. The minimum Gasteiger partial charge on any atom is -0.292 e. The van der Waals surface area contributed by atoms with E-state index < -0.39 is 23.1 Å². The van der Waals surface area contributed by atoms with E-state index in [1.165, 1.54) is 19.2 Å². The Kier molecular flexibility index (Phi) is 4.60. The van der Waals surface area contributed by atoms with Crippen LogP contribution in [0.2, 0.25) is 10.0 Å². The van der Waals surface area contributed by atoms with Gasteiger partial charge in [0.05, 0.1) is 22.8 Å². The van der Waals surface area contributed by atoms with Crippen LogP contribution in [-0.4, -0.2) is 29.3 Å². The Labute approximate surface area is 158 Å². The zero-order valence-electron chi connectivity index (χ0n) is 13.6. The zero-order chi connectivity index (χ0) is 20.1. The van der Waals surface area contributed by atoms with Crippen LogP contribution in [0.25, 0.3) is 17.1 Å². The number of hydrogen-bond acceptors (Lipinski definition) is 5. The molecule has 0 aliphatic carbocycles. The lowest BCUT2D eigenvalue weighted by atomic mass is 10.2. The number of rotatable bonds is 2. The second kappa shape index (κ2) is 6.50. The molecule has 0 fully saturated rings. The van der Waals surface area contributed by atoms with Crippen molar-refractivity contribution in [1.82, 2.24) is 29.3 Å². The van der Waals surface area contributed by atoms with Gasteiger partial charge < -0.3 is 0 Å². The predicted octanol–water partition coefficient (Wildman–Crippen LogP) is 2.05. The highest BCUT2D eigenvalue weighted by atomic mass is 35.5. The molecule has 2 aromatic heterocycles. The number of alkyl halides is 3. The van der Waals surface area contributed by atoms with Gasteiger partial charge in [-0.15, -0.1) is 10.2 Å². The Morgan fingerprint density at radius 3 is 2.26 bits per heavy atom. The van der Waals surface area contributed by atoms with Gasteiger partial charge in [0.25, 0.3) is 5.56 Å². The van der Waals surface area contributed by atoms with E-state index >= 15 is 0 Å². The van der Waals surface area contributed by atoms with E-state index in [2.05, 4.69) is 15.4 Å². The number of nitrogens with zero attached hydrogens (tertiary/aromatic N) is 6. The van der Waals surface area contributed by atoms with Gasteiger partial charge in [0, 0.05) is 18.7 Å². The quantitative estimate of drug-likeness (QED) is 0.632. The van der Waals surface area contributed by atoms with E-state index in [-0.39, 0.29) is 27.1 Å². The predicted molar refractivity (Wildman–Crippen MR) is 90.1 cm³/mol. The Balaban J connectivity index is 2.31. The van der Waals surface area contributed by atoms with Gasteiger partial charge in [-0.25, -0.2) is 9.36 Å². The molecule has 13 heteroatoms. The van der Waals surface area contributed by atoms with Crippen molar-refractivity contribution in [2.24, 2.45) is 14.1 Å². The van der Waals surface area contributed by atoms with Gasteiger partial charge in [-0.05, 0) is 17.3 Å². The molecule has 0 amide bonds. The van der Waals surface area contributed by atoms with Crippen molar-refractivity contribution in [3.05, 3.63) is 54.8 Å². The molecule has 0 spiro atoms. The molecule has 0 aliphatic heterocycles. The van der Waals surface area contributed by atoms with Crippen LogP contribution in [0.3, 0.4) is 0 Å². The van der Waals surface area contributed by atoms with E-state index in [9.17, 15) is 22.8 Å². The first-order chi connectivity index (χ1) is 12.5. The molecular formula is C14H9Cl2F3N6O2. The SMILES string of the molecule is Cn1nnc(-c2cc(-n3c(=O)cc(C(F)(F)F)n(C)c3=O)c(Cl)cc2Cl)n1. The van der Waals surface area contributed by atoms with Crippen LogP contribution in [-0.2, 0) is 20.3 Å². The molecule has 0 radical (unpaired) electrons. The number of aromatic nitrogens is 6. The van der Waals surface area contributed by atoms with Gasteiger partial charge in [0.2, 0.25) is 5.82 Å².